The van der Waals surface area contributed by atoms with E-state index < -0.39 is 0 Å². The molecule has 0 radical (unpaired) electrons. The summed E-state index contributed by atoms with van der Waals surface area (Å²) in [4.78, 5) is 2.65. The molecule has 0 fully saturated rings. The van der Waals surface area contributed by atoms with Gasteiger partial charge in [-0.2, -0.15) is 0 Å². The van der Waals surface area contributed by atoms with Crippen LogP contribution in [0.5, 0.6) is 0 Å². The second-order valence-electron chi connectivity index (χ2n) is 4.19. The van der Waals surface area contributed by atoms with Gasteiger partial charge in [0, 0.05) is 32.4 Å². The molecule has 0 saturated carbocycles. The van der Waals surface area contributed by atoms with Crippen molar-refractivity contribution in [2.45, 2.75) is 27.1 Å². The summed E-state index contributed by atoms with van der Waals surface area (Å²) in [6.45, 7) is 7.10. The van der Waals surface area contributed by atoms with E-state index in [2.05, 4.69) is 12.1 Å². The zero-order chi connectivity index (χ0) is 13.2. The number of rotatable bonds is 6. The van der Waals surface area contributed by atoms with Crippen LogP contribution in [0.15, 0.2) is 12.1 Å². The van der Waals surface area contributed by atoms with Crippen molar-refractivity contribution in [2.24, 2.45) is 0 Å². The van der Waals surface area contributed by atoms with Crippen molar-refractivity contribution in [1.82, 2.24) is 0 Å². The van der Waals surface area contributed by atoms with Crippen LogP contribution in [-0.4, -0.2) is 13.2 Å². The Morgan fingerprint density at radius 3 is 1.68 bits per heavy atom. The van der Waals surface area contributed by atoms with E-state index in [0.29, 0.717) is 0 Å². The van der Waals surface area contributed by atoms with E-state index in [1.54, 1.807) is 0 Å². The second kappa shape index (κ2) is 5.89. The van der Waals surface area contributed by atoms with Crippen LogP contribution in [0.25, 0.3) is 18.8 Å². The minimum atomic E-state index is 0.737. The van der Waals surface area contributed by atoms with E-state index in [1.807, 2.05) is 47.9 Å². The minimum Gasteiger partial charge on any atom is -0.376 e. The molecule has 2 nitrogen and oxygen atoms in total. The predicted octanol–water partition coefficient (Wildman–Crippen LogP) is 5.25. The Labute approximate surface area is 124 Å². The van der Waals surface area contributed by atoms with Crippen LogP contribution in [0.4, 0.5) is 0 Å². The van der Waals surface area contributed by atoms with Crippen molar-refractivity contribution in [1.29, 1.82) is 0 Å². The predicted molar refractivity (Wildman–Crippen MR) is 85.7 cm³/mol. The monoisotopic (exact) mass is 312 g/mol. The third-order valence-corrected chi connectivity index (χ3v) is 6.54. The summed E-state index contributed by atoms with van der Waals surface area (Å²) in [5, 5.41) is 0. The molecule has 0 unspecified atom stereocenters. The fourth-order valence-electron chi connectivity index (χ4n) is 1.98. The van der Waals surface area contributed by atoms with Gasteiger partial charge in [-0.15, -0.1) is 34.0 Å². The van der Waals surface area contributed by atoms with Gasteiger partial charge in [0.25, 0.3) is 0 Å². The molecule has 0 atom stereocenters. The van der Waals surface area contributed by atoms with Crippen LogP contribution in [0.1, 0.15) is 23.6 Å². The van der Waals surface area contributed by atoms with Crippen LogP contribution in [-0.2, 0) is 22.7 Å². The van der Waals surface area contributed by atoms with Gasteiger partial charge in [0.05, 0.1) is 22.6 Å². The van der Waals surface area contributed by atoms with E-state index in [4.69, 9.17) is 9.47 Å². The van der Waals surface area contributed by atoms with Crippen LogP contribution < -0.4 is 0 Å². The highest BCUT2D eigenvalue weighted by atomic mass is 32.1. The molecule has 102 valence electrons. The Balaban J connectivity index is 1.92. The van der Waals surface area contributed by atoms with Gasteiger partial charge in [-0.3, -0.25) is 0 Å². The first-order valence-corrected chi connectivity index (χ1v) is 8.85. The highest BCUT2D eigenvalue weighted by Gasteiger charge is 2.13. The maximum Gasteiger partial charge on any atom is 0.0809 e. The van der Waals surface area contributed by atoms with E-state index >= 15 is 0 Å². The Morgan fingerprint density at radius 2 is 1.26 bits per heavy atom. The summed E-state index contributed by atoms with van der Waals surface area (Å²) in [5.74, 6) is 0. The SMILES string of the molecule is CCOCc1cc2sc3cc(COCC)sc3c2s1. The lowest BCUT2D eigenvalue weighted by Gasteiger charge is -1.95. The number of thiophene rings is 3. The highest BCUT2D eigenvalue weighted by molar-refractivity contribution is 7.38. The van der Waals surface area contributed by atoms with Crippen LogP contribution in [0.2, 0.25) is 0 Å². The fourth-order valence-corrected chi connectivity index (χ4v) is 5.92. The van der Waals surface area contributed by atoms with E-state index in [-0.39, 0.29) is 0 Å². The Morgan fingerprint density at radius 1 is 0.789 bits per heavy atom. The summed E-state index contributed by atoms with van der Waals surface area (Å²) in [5.41, 5.74) is 0. The van der Waals surface area contributed by atoms with Crippen LogP contribution in [0, 0.1) is 0 Å². The lowest BCUT2D eigenvalue weighted by molar-refractivity contribution is 0.136. The molecule has 3 aromatic rings. The minimum absolute atomic E-state index is 0.737. The molecular weight excluding hydrogens is 296 g/mol. The number of fused-ring (bicyclic) bond motifs is 3. The van der Waals surface area contributed by atoms with Crippen molar-refractivity contribution < 1.29 is 9.47 Å². The molecule has 3 aromatic heterocycles. The lowest BCUT2D eigenvalue weighted by Crippen LogP contribution is -1.87. The van der Waals surface area contributed by atoms with E-state index in [0.717, 1.165) is 26.4 Å². The number of hydrogen-bond donors (Lipinski definition) is 0. The molecule has 3 rings (SSSR count). The maximum atomic E-state index is 5.49. The Hall–Kier alpha value is -0.460. The topological polar surface area (TPSA) is 18.5 Å². The van der Waals surface area contributed by atoms with Crippen molar-refractivity contribution >= 4 is 52.8 Å². The van der Waals surface area contributed by atoms with Gasteiger partial charge in [0.15, 0.2) is 0 Å². The molecule has 0 aliphatic heterocycles. The Bertz CT molecular complexity index is 620. The van der Waals surface area contributed by atoms with Gasteiger partial charge in [-0.25, -0.2) is 0 Å². The third-order valence-electron chi connectivity index (χ3n) is 2.82. The van der Waals surface area contributed by atoms with Gasteiger partial charge in [-0.05, 0) is 26.0 Å². The molecule has 3 heterocycles. The van der Waals surface area contributed by atoms with Crippen LogP contribution >= 0.6 is 34.0 Å². The van der Waals surface area contributed by atoms with Crippen molar-refractivity contribution in [3.63, 3.8) is 0 Å². The van der Waals surface area contributed by atoms with Gasteiger partial charge in [-0.1, -0.05) is 0 Å². The average Bonchev–Trinajstić information content (AvgIpc) is 3.03. The molecule has 0 aromatic carbocycles. The molecule has 0 bridgehead atoms. The molecule has 0 amide bonds. The quantitative estimate of drug-likeness (QED) is 0.619. The molecule has 0 aliphatic rings. The second-order valence-corrected chi connectivity index (χ2v) is 7.55. The van der Waals surface area contributed by atoms with Gasteiger partial charge >= 0.3 is 0 Å². The lowest BCUT2D eigenvalue weighted by atomic mass is 10.4. The normalized spacial score (nSPS) is 11.9. The van der Waals surface area contributed by atoms with Gasteiger partial charge in [0.2, 0.25) is 0 Å². The van der Waals surface area contributed by atoms with Crippen molar-refractivity contribution in [3.05, 3.63) is 21.9 Å². The molecule has 19 heavy (non-hydrogen) atoms. The van der Waals surface area contributed by atoms with Crippen LogP contribution in [0.3, 0.4) is 0 Å². The number of ether oxygens (including phenoxy) is 2. The maximum absolute atomic E-state index is 5.49. The average molecular weight is 312 g/mol. The van der Waals surface area contributed by atoms with E-state index in [9.17, 15) is 0 Å². The van der Waals surface area contributed by atoms with Gasteiger partial charge in [0.1, 0.15) is 0 Å². The smallest absolute Gasteiger partial charge is 0.0809 e. The van der Waals surface area contributed by atoms with E-state index in [1.165, 1.54) is 28.6 Å². The zero-order valence-electron chi connectivity index (χ0n) is 11.0. The highest BCUT2D eigenvalue weighted by Crippen LogP contribution is 2.43. The third kappa shape index (κ3) is 2.71. The van der Waals surface area contributed by atoms with Gasteiger partial charge < -0.3 is 9.47 Å². The summed E-state index contributed by atoms with van der Waals surface area (Å²) >= 11 is 5.61. The summed E-state index contributed by atoms with van der Waals surface area (Å²) < 4.78 is 16.6. The molecular formula is C14H16O2S3. The largest absolute Gasteiger partial charge is 0.376 e. The number of hydrogen-bond acceptors (Lipinski definition) is 5. The summed E-state index contributed by atoms with van der Waals surface area (Å²) in [7, 11) is 0. The summed E-state index contributed by atoms with van der Waals surface area (Å²) in [6.07, 6.45) is 0. The molecule has 0 spiro atoms. The first-order valence-electron chi connectivity index (χ1n) is 6.41. The zero-order valence-corrected chi connectivity index (χ0v) is 13.5. The fraction of sp³-hybridized carbons (Fsp3) is 0.429. The molecule has 0 aliphatic carbocycles. The first-order chi connectivity index (χ1) is 9.31. The summed E-state index contributed by atoms with van der Waals surface area (Å²) in [6, 6.07) is 4.55. The Kier molecular flexibility index (Phi) is 4.19. The molecule has 0 saturated heterocycles. The van der Waals surface area contributed by atoms with Crippen molar-refractivity contribution in [3.8, 4) is 0 Å². The standard InChI is InChI=1S/C14H16O2S3/c1-3-15-7-9-5-11-13(17-9)14-12(19-11)6-10(18-14)8-16-4-2/h5-6H,3-4,7-8H2,1-2H3. The molecule has 5 heteroatoms. The molecule has 0 N–H and O–H groups in total. The first kappa shape index (κ1) is 13.5. The van der Waals surface area contributed by atoms with Crippen molar-refractivity contribution in [2.75, 3.05) is 13.2 Å².